The van der Waals surface area contributed by atoms with Gasteiger partial charge in [-0.2, -0.15) is 0 Å². The number of anilines is 1. The molecule has 0 unspecified atom stereocenters. The molecule has 1 heterocycles. The van der Waals surface area contributed by atoms with Gasteiger partial charge in [0.05, 0.1) is 7.11 Å². The van der Waals surface area contributed by atoms with Gasteiger partial charge < -0.3 is 10.2 Å². The monoisotopic (exact) mass is 266 g/mol. The molecular formula is C11H11FN4OS. The van der Waals surface area contributed by atoms with Crippen molar-refractivity contribution in [3.05, 3.63) is 36.4 Å². The molecule has 0 aliphatic rings. The Labute approximate surface area is 108 Å². The number of nitrogens with two attached hydrogens (primary N) is 1. The molecule has 0 saturated carbocycles. The molecule has 0 aliphatic heterocycles. The summed E-state index contributed by atoms with van der Waals surface area (Å²) in [4.78, 5) is 8.43. The lowest BCUT2D eigenvalue weighted by Crippen LogP contribution is -2.10. The summed E-state index contributed by atoms with van der Waals surface area (Å²) in [5, 5.41) is 0.491. The smallest absolute Gasteiger partial charge is 0.195 e. The van der Waals surface area contributed by atoms with Crippen LogP contribution in [0.4, 0.5) is 10.2 Å². The first-order valence-corrected chi connectivity index (χ1v) is 5.86. The summed E-state index contributed by atoms with van der Waals surface area (Å²) in [6, 6.07) is 6.43. The maximum Gasteiger partial charge on any atom is 0.195 e. The fourth-order valence-electron chi connectivity index (χ4n) is 1.35. The van der Waals surface area contributed by atoms with Crippen molar-refractivity contribution < 1.29 is 9.13 Å². The lowest BCUT2D eigenvalue weighted by atomic mass is 10.3. The molecule has 0 radical (unpaired) electrons. The molecule has 3 N–H and O–H groups in total. The van der Waals surface area contributed by atoms with E-state index < -0.39 is 0 Å². The minimum atomic E-state index is -0.314. The van der Waals surface area contributed by atoms with Crippen LogP contribution in [0.25, 0.3) is 0 Å². The highest BCUT2D eigenvalue weighted by Gasteiger charge is 2.14. The van der Waals surface area contributed by atoms with Crippen LogP contribution >= 0.6 is 11.8 Å². The van der Waals surface area contributed by atoms with Crippen LogP contribution in [-0.2, 0) is 0 Å². The Morgan fingerprint density at radius 1 is 1.33 bits per heavy atom. The Bertz CT molecular complexity index is 552. The summed E-state index contributed by atoms with van der Waals surface area (Å²) in [5.74, 6) is 5.74. The highest BCUT2D eigenvalue weighted by Crippen LogP contribution is 2.37. The quantitative estimate of drug-likeness (QED) is 0.501. The summed E-state index contributed by atoms with van der Waals surface area (Å²) in [6.45, 7) is 0. The van der Waals surface area contributed by atoms with Gasteiger partial charge in [0.25, 0.3) is 0 Å². The van der Waals surface area contributed by atoms with Crippen LogP contribution in [0, 0.1) is 5.82 Å². The van der Waals surface area contributed by atoms with Crippen LogP contribution < -0.4 is 16.0 Å². The molecule has 1 aromatic heterocycles. The van der Waals surface area contributed by atoms with Gasteiger partial charge in [-0.3, -0.25) is 0 Å². The minimum Gasteiger partial charge on any atom is -0.490 e. The first-order chi connectivity index (χ1) is 8.76. The molecule has 0 saturated heterocycles. The van der Waals surface area contributed by atoms with E-state index in [0.29, 0.717) is 21.5 Å². The SMILES string of the molecule is COc1c(NN)ncnc1Sc1ccccc1F. The fraction of sp³-hybridized carbons (Fsp3) is 0.0909. The molecule has 7 heteroatoms. The molecule has 0 atom stereocenters. The summed E-state index contributed by atoms with van der Waals surface area (Å²) in [7, 11) is 1.48. The molecule has 94 valence electrons. The van der Waals surface area contributed by atoms with Gasteiger partial charge in [-0.25, -0.2) is 20.2 Å². The molecule has 0 amide bonds. The molecular weight excluding hydrogens is 255 g/mol. The summed E-state index contributed by atoms with van der Waals surface area (Å²) < 4.78 is 18.7. The number of methoxy groups -OCH3 is 1. The summed E-state index contributed by atoms with van der Waals surface area (Å²) >= 11 is 1.15. The molecule has 1 aromatic carbocycles. The van der Waals surface area contributed by atoms with E-state index in [1.165, 1.54) is 19.5 Å². The van der Waals surface area contributed by atoms with Gasteiger partial charge in [-0.05, 0) is 12.1 Å². The first-order valence-electron chi connectivity index (χ1n) is 5.04. The second-order valence-electron chi connectivity index (χ2n) is 3.24. The lowest BCUT2D eigenvalue weighted by Gasteiger charge is -2.10. The number of hydrazine groups is 1. The van der Waals surface area contributed by atoms with Gasteiger partial charge in [0.2, 0.25) is 0 Å². The predicted octanol–water partition coefficient (Wildman–Crippen LogP) is 2.06. The van der Waals surface area contributed by atoms with E-state index in [-0.39, 0.29) is 5.82 Å². The number of ether oxygens (including phenoxy) is 1. The van der Waals surface area contributed by atoms with Gasteiger partial charge in [0, 0.05) is 4.90 Å². The van der Waals surface area contributed by atoms with Gasteiger partial charge in [-0.1, -0.05) is 23.9 Å². The first kappa shape index (κ1) is 12.6. The maximum atomic E-state index is 13.5. The van der Waals surface area contributed by atoms with Crippen LogP contribution in [0.15, 0.2) is 40.5 Å². The Morgan fingerprint density at radius 2 is 2.11 bits per heavy atom. The van der Waals surface area contributed by atoms with Crippen LogP contribution in [0.2, 0.25) is 0 Å². The largest absolute Gasteiger partial charge is 0.490 e. The van der Waals surface area contributed by atoms with E-state index in [9.17, 15) is 4.39 Å². The molecule has 0 bridgehead atoms. The second-order valence-corrected chi connectivity index (χ2v) is 4.27. The van der Waals surface area contributed by atoms with E-state index >= 15 is 0 Å². The van der Waals surface area contributed by atoms with E-state index in [0.717, 1.165) is 11.8 Å². The zero-order valence-corrected chi connectivity index (χ0v) is 10.4. The van der Waals surface area contributed by atoms with Gasteiger partial charge in [0.1, 0.15) is 17.2 Å². The van der Waals surface area contributed by atoms with Crippen LogP contribution in [-0.4, -0.2) is 17.1 Å². The molecule has 0 spiro atoms. The van der Waals surface area contributed by atoms with E-state index in [1.54, 1.807) is 18.2 Å². The maximum absolute atomic E-state index is 13.5. The molecule has 18 heavy (non-hydrogen) atoms. The van der Waals surface area contributed by atoms with E-state index in [4.69, 9.17) is 10.6 Å². The summed E-state index contributed by atoms with van der Waals surface area (Å²) in [5.41, 5.74) is 2.40. The average molecular weight is 266 g/mol. The number of benzene rings is 1. The Balaban J connectivity index is 2.37. The number of halogens is 1. The normalized spacial score (nSPS) is 10.2. The molecule has 0 aliphatic carbocycles. The Hall–Kier alpha value is -1.86. The van der Waals surface area contributed by atoms with E-state index in [2.05, 4.69) is 15.4 Å². The van der Waals surface area contributed by atoms with Gasteiger partial charge in [-0.15, -0.1) is 0 Å². The van der Waals surface area contributed by atoms with Crippen LogP contribution in [0.1, 0.15) is 0 Å². The van der Waals surface area contributed by atoms with Crippen molar-refractivity contribution >= 4 is 17.6 Å². The third-order valence-corrected chi connectivity index (χ3v) is 3.19. The zero-order valence-electron chi connectivity index (χ0n) is 9.55. The number of hydrogen-bond donors (Lipinski definition) is 2. The van der Waals surface area contributed by atoms with Crippen molar-refractivity contribution in [2.45, 2.75) is 9.92 Å². The molecule has 5 nitrogen and oxygen atoms in total. The Kier molecular flexibility index (Phi) is 3.96. The third kappa shape index (κ3) is 2.52. The van der Waals surface area contributed by atoms with Crippen LogP contribution in [0.5, 0.6) is 5.75 Å². The minimum absolute atomic E-state index is 0.314. The van der Waals surface area contributed by atoms with Crippen molar-refractivity contribution in [1.29, 1.82) is 0 Å². The number of rotatable bonds is 4. The van der Waals surface area contributed by atoms with Crippen molar-refractivity contribution in [1.82, 2.24) is 9.97 Å². The fourth-order valence-corrected chi connectivity index (χ4v) is 2.24. The number of hydrogen-bond acceptors (Lipinski definition) is 6. The summed E-state index contributed by atoms with van der Waals surface area (Å²) in [6.07, 6.45) is 1.33. The number of nitrogens with zero attached hydrogens (tertiary/aromatic N) is 2. The topological polar surface area (TPSA) is 73.1 Å². The third-order valence-electron chi connectivity index (χ3n) is 2.16. The predicted molar refractivity (Wildman–Crippen MR) is 66.9 cm³/mol. The zero-order chi connectivity index (χ0) is 13.0. The molecule has 2 aromatic rings. The number of nitrogen functional groups attached to an aromatic ring is 1. The van der Waals surface area contributed by atoms with Crippen molar-refractivity contribution in [3.63, 3.8) is 0 Å². The van der Waals surface area contributed by atoms with Gasteiger partial charge in [0.15, 0.2) is 11.6 Å². The average Bonchev–Trinajstić information content (AvgIpc) is 2.41. The molecule has 0 fully saturated rings. The Morgan fingerprint density at radius 3 is 2.78 bits per heavy atom. The van der Waals surface area contributed by atoms with Gasteiger partial charge >= 0.3 is 0 Å². The standard InChI is InChI=1S/C11H11FN4OS/c1-17-9-10(16-13)14-6-15-11(9)18-8-5-3-2-4-7(8)12/h2-6H,13H2,1H3,(H,14,15,16). The van der Waals surface area contributed by atoms with Crippen molar-refractivity contribution in [2.24, 2.45) is 5.84 Å². The highest BCUT2D eigenvalue weighted by atomic mass is 32.2. The van der Waals surface area contributed by atoms with Crippen molar-refractivity contribution in [3.8, 4) is 5.75 Å². The molecule has 2 rings (SSSR count). The van der Waals surface area contributed by atoms with Crippen molar-refractivity contribution in [2.75, 3.05) is 12.5 Å². The highest BCUT2D eigenvalue weighted by molar-refractivity contribution is 7.99. The van der Waals surface area contributed by atoms with Crippen LogP contribution in [0.3, 0.4) is 0 Å². The number of nitrogens with one attached hydrogen (secondary N) is 1. The lowest BCUT2D eigenvalue weighted by molar-refractivity contribution is 0.400. The number of aromatic nitrogens is 2. The second kappa shape index (κ2) is 5.65. The van der Waals surface area contributed by atoms with E-state index in [1.807, 2.05) is 0 Å².